The monoisotopic (exact) mass is 269 g/mol. The number of aliphatic carboxylic acids is 1. The van der Waals surface area contributed by atoms with Crippen molar-refractivity contribution in [2.24, 2.45) is 0 Å². The number of carboxylic acid groups (broad SMARTS) is 1. The molecule has 0 aromatic heterocycles. The molecule has 0 heterocycles. The Balaban J connectivity index is 3.33. The maximum absolute atomic E-state index is 10.1. The number of carboxylic acids is 1. The molecule has 0 aliphatic rings. The minimum atomic E-state index is -3.99. The molecule has 1 unspecified atom stereocenters. The molecule has 0 bridgehead atoms. The fraction of sp³-hybridized carbons (Fsp3) is 0.875. The standard InChI is InChI=1S/C8H19NO7Si/c10-7(4-9-5-8(11)12)6-16-2-1-3-17(13,14)15/h7,9-10,13-15H,1-6H2,(H,11,12). The molecule has 0 spiro atoms. The molecule has 17 heavy (non-hydrogen) atoms. The highest BCUT2D eigenvalue weighted by molar-refractivity contribution is 6.56. The van der Waals surface area contributed by atoms with Gasteiger partial charge in [0.2, 0.25) is 0 Å². The third-order valence-corrected chi connectivity index (χ3v) is 2.79. The normalized spacial score (nSPS) is 13.6. The summed E-state index contributed by atoms with van der Waals surface area (Å²) in [6.07, 6.45) is -0.543. The lowest BCUT2D eigenvalue weighted by atomic mass is 10.4. The highest BCUT2D eigenvalue weighted by atomic mass is 28.4. The van der Waals surface area contributed by atoms with Crippen molar-refractivity contribution in [1.82, 2.24) is 5.32 Å². The van der Waals surface area contributed by atoms with E-state index in [0.717, 1.165) is 0 Å². The summed E-state index contributed by atoms with van der Waals surface area (Å²) in [4.78, 5) is 36.2. The van der Waals surface area contributed by atoms with Gasteiger partial charge in [-0.15, -0.1) is 0 Å². The molecule has 0 saturated heterocycles. The molecule has 102 valence electrons. The van der Waals surface area contributed by atoms with Gasteiger partial charge < -0.3 is 34.7 Å². The minimum Gasteiger partial charge on any atom is -0.480 e. The number of hydrogen-bond acceptors (Lipinski definition) is 7. The molecule has 0 amide bonds. The Morgan fingerprint density at radius 3 is 2.53 bits per heavy atom. The summed E-state index contributed by atoms with van der Waals surface area (Å²) < 4.78 is 5.00. The van der Waals surface area contributed by atoms with E-state index in [1.807, 2.05) is 0 Å². The van der Waals surface area contributed by atoms with Gasteiger partial charge in [-0.3, -0.25) is 4.79 Å². The van der Waals surface area contributed by atoms with Crippen molar-refractivity contribution in [1.29, 1.82) is 0 Å². The van der Waals surface area contributed by atoms with Gasteiger partial charge in [0.1, 0.15) is 0 Å². The topological polar surface area (TPSA) is 139 Å². The Kier molecular flexibility index (Phi) is 8.25. The first-order chi connectivity index (χ1) is 7.81. The van der Waals surface area contributed by atoms with E-state index >= 15 is 0 Å². The Morgan fingerprint density at radius 1 is 1.35 bits per heavy atom. The van der Waals surface area contributed by atoms with Gasteiger partial charge in [-0.2, -0.15) is 0 Å². The molecular formula is C8H19NO7Si. The molecule has 8 nitrogen and oxygen atoms in total. The number of aliphatic hydroxyl groups excluding tert-OH is 1. The first kappa shape index (κ1) is 16.4. The number of nitrogens with one attached hydrogen (secondary N) is 1. The summed E-state index contributed by atoms with van der Waals surface area (Å²) in [5, 5.41) is 20.1. The average Bonchev–Trinajstić information content (AvgIpc) is 2.14. The summed E-state index contributed by atoms with van der Waals surface area (Å²) in [7, 11) is -3.99. The van der Waals surface area contributed by atoms with Gasteiger partial charge in [0.15, 0.2) is 0 Å². The van der Waals surface area contributed by atoms with Crippen molar-refractivity contribution in [3.05, 3.63) is 0 Å². The molecule has 0 saturated carbocycles. The summed E-state index contributed by atoms with van der Waals surface area (Å²) in [6, 6.07) is -0.111. The van der Waals surface area contributed by atoms with Crippen molar-refractivity contribution in [2.45, 2.75) is 18.6 Å². The van der Waals surface area contributed by atoms with Gasteiger partial charge in [0.05, 0.1) is 19.3 Å². The molecule has 0 aliphatic heterocycles. The van der Waals surface area contributed by atoms with E-state index in [1.165, 1.54) is 0 Å². The van der Waals surface area contributed by atoms with E-state index in [1.54, 1.807) is 0 Å². The fourth-order valence-corrected chi connectivity index (χ4v) is 1.65. The van der Waals surface area contributed by atoms with Crippen LogP contribution >= 0.6 is 0 Å². The molecule has 0 aromatic rings. The van der Waals surface area contributed by atoms with Crippen molar-refractivity contribution < 1.29 is 34.1 Å². The van der Waals surface area contributed by atoms with Crippen molar-refractivity contribution in [3.8, 4) is 0 Å². The van der Waals surface area contributed by atoms with E-state index in [-0.39, 0.29) is 38.8 Å². The zero-order valence-corrected chi connectivity index (χ0v) is 10.4. The van der Waals surface area contributed by atoms with E-state index in [2.05, 4.69) is 5.32 Å². The highest BCUT2D eigenvalue weighted by Gasteiger charge is 2.25. The van der Waals surface area contributed by atoms with Crippen LogP contribution in [0.1, 0.15) is 6.42 Å². The Hall–Kier alpha value is -0.553. The van der Waals surface area contributed by atoms with Gasteiger partial charge >= 0.3 is 14.8 Å². The summed E-state index contributed by atoms with van der Waals surface area (Å²) in [6.45, 7) is 0.0750. The molecule has 0 aromatic carbocycles. The van der Waals surface area contributed by atoms with Gasteiger partial charge in [-0.25, -0.2) is 0 Å². The van der Waals surface area contributed by atoms with Crippen LogP contribution in [0.4, 0.5) is 0 Å². The summed E-state index contributed by atoms with van der Waals surface area (Å²) in [5.41, 5.74) is 0. The molecule has 0 fully saturated rings. The second kappa shape index (κ2) is 8.52. The summed E-state index contributed by atoms with van der Waals surface area (Å²) in [5.74, 6) is -1.01. The van der Waals surface area contributed by atoms with Crippen molar-refractivity contribution in [2.75, 3.05) is 26.3 Å². The number of carbonyl (C=O) groups is 1. The predicted molar refractivity (Wildman–Crippen MR) is 59.2 cm³/mol. The predicted octanol–water partition coefficient (Wildman–Crippen LogP) is -2.66. The van der Waals surface area contributed by atoms with Crippen LogP contribution in [0.2, 0.25) is 6.04 Å². The molecule has 0 radical (unpaired) electrons. The summed E-state index contributed by atoms with van der Waals surface area (Å²) >= 11 is 0. The lowest BCUT2D eigenvalue weighted by Gasteiger charge is -2.12. The SMILES string of the molecule is O=C(O)CNCC(O)COCCC[Si](O)(O)O. The second-order valence-corrected chi connectivity index (χ2v) is 5.68. The first-order valence-electron chi connectivity index (χ1n) is 5.16. The Morgan fingerprint density at radius 2 is 2.00 bits per heavy atom. The van der Waals surface area contributed by atoms with Crippen LogP contribution in [-0.4, -0.2) is 71.8 Å². The molecule has 0 aliphatic carbocycles. The lowest BCUT2D eigenvalue weighted by molar-refractivity contribution is -0.136. The fourth-order valence-electron chi connectivity index (χ4n) is 1.04. The van der Waals surface area contributed by atoms with Crippen LogP contribution in [0.3, 0.4) is 0 Å². The van der Waals surface area contributed by atoms with Crippen LogP contribution in [0, 0.1) is 0 Å². The van der Waals surface area contributed by atoms with Crippen LogP contribution in [0.25, 0.3) is 0 Å². The third-order valence-electron chi connectivity index (χ3n) is 1.77. The smallest absolute Gasteiger partial charge is 0.480 e. The number of rotatable bonds is 10. The maximum atomic E-state index is 10.1. The number of aliphatic hydroxyl groups is 1. The Bertz CT molecular complexity index is 220. The van der Waals surface area contributed by atoms with Gasteiger partial charge in [0, 0.05) is 19.2 Å². The molecule has 6 N–H and O–H groups in total. The zero-order valence-electron chi connectivity index (χ0n) is 9.37. The number of ether oxygens (including phenoxy) is 1. The average molecular weight is 269 g/mol. The maximum Gasteiger partial charge on any atom is 0.492 e. The Labute approximate surface area is 99.8 Å². The quantitative estimate of drug-likeness (QED) is 0.187. The van der Waals surface area contributed by atoms with E-state index in [9.17, 15) is 9.90 Å². The van der Waals surface area contributed by atoms with Gasteiger partial charge in [0.25, 0.3) is 0 Å². The largest absolute Gasteiger partial charge is 0.492 e. The highest BCUT2D eigenvalue weighted by Crippen LogP contribution is 2.01. The molecular weight excluding hydrogens is 250 g/mol. The van der Waals surface area contributed by atoms with Crippen LogP contribution in [-0.2, 0) is 9.53 Å². The molecule has 9 heteroatoms. The van der Waals surface area contributed by atoms with Crippen molar-refractivity contribution in [3.63, 3.8) is 0 Å². The molecule has 1 atom stereocenters. The number of hydrogen-bond donors (Lipinski definition) is 6. The first-order valence-corrected chi connectivity index (χ1v) is 7.21. The van der Waals surface area contributed by atoms with E-state index in [0.29, 0.717) is 0 Å². The van der Waals surface area contributed by atoms with Gasteiger partial charge in [-0.1, -0.05) is 0 Å². The third kappa shape index (κ3) is 13.4. The van der Waals surface area contributed by atoms with E-state index < -0.39 is 20.9 Å². The van der Waals surface area contributed by atoms with Crippen LogP contribution in [0.15, 0.2) is 0 Å². The lowest BCUT2D eigenvalue weighted by Crippen LogP contribution is -2.35. The van der Waals surface area contributed by atoms with E-state index in [4.69, 9.17) is 24.2 Å². The molecule has 0 rings (SSSR count). The van der Waals surface area contributed by atoms with Crippen LogP contribution in [0.5, 0.6) is 0 Å². The van der Waals surface area contributed by atoms with Crippen molar-refractivity contribution >= 4 is 14.8 Å². The van der Waals surface area contributed by atoms with Crippen LogP contribution < -0.4 is 5.32 Å². The zero-order chi connectivity index (χ0) is 13.3. The van der Waals surface area contributed by atoms with Gasteiger partial charge in [-0.05, 0) is 6.42 Å². The second-order valence-electron chi connectivity index (χ2n) is 3.63. The minimum absolute atomic E-state index is 0.0173.